The molecular formula is C28H23ClN4O4S3. The lowest BCUT2D eigenvalue weighted by molar-refractivity contribution is -0.117. The van der Waals surface area contributed by atoms with Crippen LogP contribution in [0.3, 0.4) is 0 Å². The number of benzene rings is 2. The molecule has 12 heteroatoms. The van der Waals surface area contributed by atoms with Gasteiger partial charge in [-0.2, -0.15) is 0 Å². The lowest BCUT2D eigenvalue weighted by atomic mass is 9.95. The van der Waals surface area contributed by atoms with Crippen LogP contribution >= 0.6 is 46.0 Å². The van der Waals surface area contributed by atoms with Crippen LogP contribution in [0.4, 0.5) is 5.13 Å². The number of nitrogens with zero attached hydrogens (tertiary/aromatic N) is 4. The molecule has 0 aliphatic carbocycles. The van der Waals surface area contributed by atoms with E-state index in [1.54, 1.807) is 44.2 Å². The van der Waals surface area contributed by atoms with Gasteiger partial charge in [-0.1, -0.05) is 77.7 Å². The molecule has 1 aliphatic heterocycles. The Morgan fingerprint density at radius 3 is 2.60 bits per heavy atom. The monoisotopic (exact) mass is 610 g/mol. The van der Waals surface area contributed by atoms with E-state index in [0.29, 0.717) is 48.6 Å². The SMILES string of the molecule is C=CCOc1ccc(C2C(C(=O)c3sc(C)nc3C)=C(O)C(=O)N2c2nnc(SCc3ccccc3Cl)s2)cc1. The second-order valence-electron chi connectivity index (χ2n) is 8.72. The van der Waals surface area contributed by atoms with Crippen molar-refractivity contribution in [1.29, 1.82) is 0 Å². The van der Waals surface area contributed by atoms with E-state index in [-0.39, 0.29) is 10.7 Å². The first-order valence-corrected chi connectivity index (χ1v) is 15.1. The van der Waals surface area contributed by atoms with Gasteiger partial charge in [-0.25, -0.2) is 4.98 Å². The molecule has 0 spiro atoms. The number of ether oxygens (including phenoxy) is 1. The van der Waals surface area contributed by atoms with Crippen molar-refractivity contribution >= 4 is 62.9 Å². The number of thioether (sulfide) groups is 1. The standard InChI is InChI=1S/C28H23ClN4O4S3/c1-4-13-37-19-11-9-17(10-12-19)22-21(23(34)25-15(2)30-16(3)39-25)24(35)26(36)33(22)27-31-32-28(40-27)38-14-18-7-5-6-8-20(18)29/h4-12,22,35H,1,13-14H2,2-3H3. The minimum atomic E-state index is -0.926. The summed E-state index contributed by atoms with van der Waals surface area (Å²) in [5, 5.41) is 21.2. The number of hydrogen-bond acceptors (Lipinski definition) is 10. The number of aryl methyl sites for hydroxylation is 2. The number of thiazole rings is 1. The number of aromatic nitrogens is 3. The average molecular weight is 611 g/mol. The first kappa shape index (κ1) is 28.0. The number of halogens is 1. The Morgan fingerprint density at radius 1 is 1.18 bits per heavy atom. The highest BCUT2D eigenvalue weighted by Gasteiger charge is 2.46. The Kier molecular flexibility index (Phi) is 8.36. The zero-order valence-corrected chi connectivity index (χ0v) is 24.7. The van der Waals surface area contributed by atoms with Crippen molar-refractivity contribution in [2.75, 3.05) is 11.5 Å². The van der Waals surface area contributed by atoms with Gasteiger partial charge in [-0.3, -0.25) is 14.5 Å². The van der Waals surface area contributed by atoms with Gasteiger partial charge in [-0.15, -0.1) is 21.5 Å². The van der Waals surface area contributed by atoms with Crippen molar-refractivity contribution in [3.63, 3.8) is 0 Å². The molecule has 0 saturated heterocycles. The fourth-order valence-corrected chi connectivity index (χ4v) is 7.26. The van der Waals surface area contributed by atoms with E-state index in [1.807, 2.05) is 24.3 Å². The maximum atomic E-state index is 13.8. The van der Waals surface area contributed by atoms with Crippen molar-refractivity contribution in [3.05, 3.63) is 104 Å². The molecule has 1 amide bonds. The number of rotatable bonds is 10. The van der Waals surface area contributed by atoms with Gasteiger partial charge in [0.25, 0.3) is 5.91 Å². The van der Waals surface area contributed by atoms with Crippen molar-refractivity contribution in [2.24, 2.45) is 0 Å². The molecule has 1 unspecified atom stereocenters. The van der Waals surface area contributed by atoms with Crippen LogP contribution < -0.4 is 9.64 Å². The van der Waals surface area contributed by atoms with E-state index in [2.05, 4.69) is 21.8 Å². The number of carbonyl (C=O) groups is 2. The van der Waals surface area contributed by atoms with Gasteiger partial charge in [0, 0.05) is 10.8 Å². The maximum absolute atomic E-state index is 13.8. The van der Waals surface area contributed by atoms with Gasteiger partial charge < -0.3 is 9.84 Å². The summed E-state index contributed by atoms with van der Waals surface area (Å²) in [6.07, 6.45) is 1.64. The zero-order valence-electron chi connectivity index (χ0n) is 21.5. The molecule has 0 bridgehead atoms. The highest BCUT2D eigenvalue weighted by Crippen LogP contribution is 2.45. The number of Topliss-reactive ketones (excluding diaryl/α,β-unsaturated/α-hetero) is 1. The number of carbonyl (C=O) groups excluding carboxylic acids is 2. The molecule has 1 aliphatic rings. The molecular weight excluding hydrogens is 588 g/mol. The van der Waals surface area contributed by atoms with Crippen molar-refractivity contribution in [3.8, 4) is 5.75 Å². The summed E-state index contributed by atoms with van der Waals surface area (Å²) in [7, 11) is 0. The number of ketones is 1. The molecule has 0 radical (unpaired) electrons. The van der Waals surface area contributed by atoms with Gasteiger partial charge >= 0.3 is 0 Å². The third-order valence-corrected chi connectivity index (χ3v) is 9.58. The number of amides is 1. The normalized spacial score (nSPS) is 15.1. The Balaban J connectivity index is 1.51. The van der Waals surface area contributed by atoms with E-state index in [0.717, 1.165) is 5.56 Å². The molecule has 2 aromatic heterocycles. The molecule has 5 rings (SSSR count). The van der Waals surface area contributed by atoms with Crippen LogP contribution in [0.25, 0.3) is 0 Å². The molecule has 0 fully saturated rings. The molecule has 0 saturated carbocycles. The van der Waals surface area contributed by atoms with Gasteiger partial charge in [0.1, 0.15) is 12.4 Å². The summed E-state index contributed by atoms with van der Waals surface area (Å²) >= 11 is 10.1. The van der Waals surface area contributed by atoms with E-state index in [4.69, 9.17) is 16.3 Å². The Morgan fingerprint density at radius 2 is 1.93 bits per heavy atom. The number of anilines is 1. The third kappa shape index (κ3) is 5.55. The number of hydrogen-bond donors (Lipinski definition) is 1. The highest BCUT2D eigenvalue weighted by molar-refractivity contribution is 8.00. The van der Waals surface area contributed by atoms with Crippen molar-refractivity contribution in [1.82, 2.24) is 15.2 Å². The van der Waals surface area contributed by atoms with Crippen LogP contribution in [-0.4, -0.2) is 38.6 Å². The van der Waals surface area contributed by atoms with Crippen LogP contribution in [0, 0.1) is 13.8 Å². The first-order valence-electron chi connectivity index (χ1n) is 12.1. The summed E-state index contributed by atoms with van der Waals surface area (Å²) in [5.74, 6) is -0.629. The summed E-state index contributed by atoms with van der Waals surface area (Å²) in [6, 6.07) is 13.6. The molecule has 1 atom stereocenters. The average Bonchev–Trinajstić information content (AvgIpc) is 3.62. The minimum absolute atomic E-state index is 0.0306. The Hall–Kier alpha value is -3.51. The van der Waals surface area contributed by atoms with E-state index >= 15 is 0 Å². The van der Waals surface area contributed by atoms with E-state index in [1.165, 1.54) is 39.3 Å². The molecule has 3 heterocycles. The van der Waals surface area contributed by atoms with Gasteiger partial charge in [0.05, 0.1) is 27.2 Å². The van der Waals surface area contributed by atoms with Crippen LogP contribution in [0.5, 0.6) is 5.75 Å². The largest absolute Gasteiger partial charge is 0.503 e. The fraction of sp³-hybridized carbons (Fsp3) is 0.179. The molecule has 1 N–H and O–H groups in total. The second kappa shape index (κ2) is 11.9. The predicted molar refractivity (Wildman–Crippen MR) is 159 cm³/mol. The maximum Gasteiger partial charge on any atom is 0.296 e. The minimum Gasteiger partial charge on any atom is -0.503 e. The van der Waals surface area contributed by atoms with E-state index in [9.17, 15) is 14.7 Å². The van der Waals surface area contributed by atoms with E-state index < -0.39 is 23.5 Å². The summed E-state index contributed by atoms with van der Waals surface area (Å²) in [5.41, 5.74) is 2.06. The molecule has 40 heavy (non-hydrogen) atoms. The summed E-state index contributed by atoms with van der Waals surface area (Å²) < 4.78 is 6.21. The number of aliphatic hydroxyl groups is 1. The molecule has 204 valence electrons. The van der Waals surface area contributed by atoms with Crippen LogP contribution in [0.1, 0.15) is 37.5 Å². The second-order valence-corrected chi connectivity index (χ2v) is 12.5. The summed E-state index contributed by atoms with van der Waals surface area (Å²) in [4.78, 5) is 33.3. The van der Waals surface area contributed by atoms with Gasteiger partial charge in [0.2, 0.25) is 10.9 Å². The van der Waals surface area contributed by atoms with Gasteiger partial charge in [0.15, 0.2) is 10.1 Å². The topological polar surface area (TPSA) is 106 Å². The van der Waals surface area contributed by atoms with Crippen LogP contribution in [0.2, 0.25) is 5.02 Å². The lowest BCUT2D eigenvalue weighted by Gasteiger charge is -2.24. The molecule has 8 nitrogen and oxygen atoms in total. The van der Waals surface area contributed by atoms with Crippen LogP contribution in [0.15, 0.2) is 76.9 Å². The molecule has 2 aromatic carbocycles. The zero-order chi connectivity index (χ0) is 28.4. The molecule has 4 aromatic rings. The fourth-order valence-electron chi connectivity index (χ4n) is 4.23. The Bertz CT molecular complexity index is 1630. The lowest BCUT2D eigenvalue weighted by Crippen LogP contribution is -2.31. The number of aliphatic hydroxyl groups excluding tert-OH is 1. The Labute approximate surface area is 248 Å². The summed E-state index contributed by atoms with van der Waals surface area (Å²) in [6.45, 7) is 7.53. The van der Waals surface area contributed by atoms with Gasteiger partial charge in [-0.05, 0) is 43.2 Å². The quantitative estimate of drug-likeness (QED) is 0.0894. The smallest absolute Gasteiger partial charge is 0.296 e. The third-order valence-electron chi connectivity index (χ3n) is 6.04. The van der Waals surface area contributed by atoms with Crippen molar-refractivity contribution in [2.45, 2.75) is 30.0 Å². The predicted octanol–water partition coefficient (Wildman–Crippen LogP) is 6.90. The van der Waals surface area contributed by atoms with Crippen LogP contribution in [-0.2, 0) is 10.5 Å². The first-order chi connectivity index (χ1) is 19.3. The highest BCUT2D eigenvalue weighted by atomic mass is 35.5. The van der Waals surface area contributed by atoms with Crippen molar-refractivity contribution < 1.29 is 19.4 Å².